The molecule has 284 valence electrons. The minimum absolute atomic E-state index is 0.0887. The molecular formula is C43H76O6. The fourth-order valence-electron chi connectivity index (χ4n) is 6.06. The van der Waals surface area contributed by atoms with E-state index in [9.17, 15) is 14.7 Å². The molecule has 0 aromatic rings. The molecule has 0 aromatic carbocycles. The van der Waals surface area contributed by atoms with Crippen LogP contribution in [-0.2, 0) is 23.8 Å². The van der Waals surface area contributed by atoms with Crippen LogP contribution >= 0.6 is 0 Å². The second kappa shape index (κ2) is 33.2. The van der Waals surface area contributed by atoms with Crippen molar-refractivity contribution in [2.24, 2.45) is 5.92 Å². The quantitative estimate of drug-likeness (QED) is 0.0309. The van der Waals surface area contributed by atoms with Crippen LogP contribution in [0.4, 0.5) is 0 Å². The molecule has 1 rings (SSSR count). The summed E-state index contributed by atoms with van der Waals surface area (Å²) in [7, 11) is 0. The van der Waals surface area contributed by atoms with E-state index in [1.54, 1.807) is 0 Å². The minimum Gasteiger partial charge on any atom is -0.462 e. The fraction of sp³-hybridized carbons (Fsp3) is 0.814. The second-order valence-electron chi connectivity index (χ2n) is 14.6. The molecule has 0 saturated carbocycles. The molecule has 0 amide bonds. The summed E-state index contributed by atoms with van der Waals surface area (Å²) in [6.07, 6.45) is 42.4. The molecule has 1 aliphatic rings. The first-order valence-corrected chi connectivity index (χ1v) is 20.5. The van der Waals surface area contributed by atoms with Gasteiger partial charge in [0.1, 0.15) is 6.61 Å². The van der Waals surface area contributed by atoms with Crippen molar-refractivity contribution in [3.8, 4) is 0 Å². The zero-order valence-electron chi connectivity index (χ0n) is 32.1. The van der Waals surface area contributed by atoms with E-state index in [-0.39, 0.29) is 31.6 Å². The largest absolute Gasteiger partial charge is 0.462 e. The van der Waals surface area contributed by atoms with Crippen molar-refractivity contribution in [3.63, 3.8) is 0 Å². The number of allylic oxidation sites excluding steroid dienone is 5. The fourth-order valence-corrected chi connectivity index (χ4v) is 6.06. The molecule has 2 unspecified atom stereocenters. The predicted octanol–water partition coefficient (Wildman–Crippen LogP) is 11.7. The maximum absolute atomic E-state index is 12.2. The highest BCUT2D eigenvalue weighted by Gasteiger charge is 2.36. The Labute approximate surface area is 301 Å². The zero-order valence-corrected chi connectivity index (χ0v) is 32.1. The molecule has 49 heavy (non-hydrogen) atoms. The van der Waals surface area contributed by atoms with Crippen molar-refractivity contribution in [1.29, 1.82) is 0 Å². The molecule has 1 heterocycles. The van der Waals surface area contributed by atoms with Gasteiger partial charge in [-0.25, -0.2) is 0 Å². The van der Waals surface area contributed by atoms with Crippen LogP contribution in [-0.4, -0.2) is 48.6 Å². The third kappa shape index (κ3) is 30.6. The number of epoxide rings is 1. The van der Waals surface area contributed by atoms with Gasteiger partial charge in [-0.3, -0.25) is 9.59 Å². The number of ether oxygens (including phenoxy) is 3. The molecule has 6 heteroatoms. The third-order valence-electron chi connectivity index (χ3n) is 9.29. The van der Waals surface area contributed by atoms with Gasteiger partial charge in [0.25, 0.3) is 0 Å². The Hall–Kier alpha value is -1.92. The van der Waals surface area contributed by atoms with Gasteiger partial charge in [-0.15, -0.1) is 0 Å². The van der Waals surface area contributed by atoms with Crippen molar-refractivity contribution in [3.05, 3.63) is 36.5 Å². The topological polar surface area (TPSA) is 85.4 Å². The molecule has 1 N–H and O–H groups in total. The van der Waals surface area contributed by atoms with Crippen LogP contribution in [0.5, 0.6) is 0 Å². The number of carbonyl (C=O) groups excluding carboxylic acids is 2. The van der Waals surface area contributed by atoms with Gasteiger partial charge in [-0.1, -0.05) is 166 Å². The van der Waals surface area contributed by atoms with E-state index in [2.05, 4.69) is 57.2 Å². The molecule has 0 aliphatic carbocycles. The van der Waals surface area contributed by atoms with Crippen molar-refractivity contribution >= 4 is 11.9 Å². The van der Waals surface area contributed by atoms with Gasteiger partial charge < -0.3 is 19.3 Å². The van der Waals surface area contributed by atoms with E-state index in [0.717, 1.165) is 50.9 Å². The Kier molecular flexibility index (Phi) is 30.6. The van der Waals surface area contributed by atoms with Gasteiger partial charge in [0.15, 0.2) is 6.10 Å². The van der Waals surface area contributed by atoms with Crippen LogP contribution in [0.3, 0.4) is 0 Å². The molecule has 0 aromatic heterocycles. The zero-order chi connectivity index (χ0) is 35.6. The highest BCUT2D eigenvalue weighted by atomic mass is 16.6. The number of unbranched alkanes of at least 4 members (excludes halogenated alkanes) is 16. The standard InChI is InChI=1S/C43H76O6/c1-4-5-26-32-40-41(49-40)33-28-23-19-15-12-13-17-21-25-30-35-43(46)48-39(36-44)37-47-42(45)34-29-24-20-16-11-9-7-6-8-10-14-18-22-27-31-38(2)3/h12,15,17,21,23,28,38-41,44H,4-11,13-14,16,18-20,22,24-27,29-37H2,1-3H3/b15-12-,21-17-,28-23-/t39-,40?,41?/m0/s1. The van der Waals surface area contributed by atoms with E-state index in [0.29, 0.717) is 25.0 Å². The monoisotopic (exact) mass is 689 g/mol. The lowest BCUT2D eigenvalue weighted by Gasteiger charge is -2.15. The summed E-state index contributed by atoms with van der Waals surface area (Å²) in [6.45, 7) is 6.42. The predicted molar refractivity (Wildman–Crippen MR) is 205 cm³/mol. The first-order chi connectivity index (χ1) is 24.0. The van der Waals surface area contributed by atoms with E-state index in [1.165, 1.54) is 103 Å². The normalized spacial score (nSPS) is 16.8. The summed E-state index contributed by atoms with van der Waals surface area (Å²) in [6, 6.07) is 0. The highest BCUT2D eigenvalue weighted by Crippen LogP contribution is 2.30. The summed E-state index contributed by atoms with van der Waals surface area (Å²) in [5, 5.41) is 9.56. The van der Waals surface area contributed by atoms with Crippen LogP contribution in [0.2, 0.25) is 0 Å². The van der Waals surface area contributed by atoms with Gasteiger partial charge in [0.05, 0.1) is 18.8 Å². The first kappa shape index (κ1) is 45.1. The lowest BCUT2D eigenvalue weighted by Crippen LogP contribution is -2.28. The number of esters is 2. The summed E-state index contributed by atoms with van der Waals surface area (Å²) in [4.78, 5) is 24.3. The maximum atomic E-state index is 12.2. The molecule has 1 fully saturated rings. The molecule has 1 saturated heterocycles. The number of carbonyl (C=O) groups is 2. The summed E-state index contributed by atoms with van der Waals surface area (Å²) >= 11 is 0. The van der Waals surface area contributed by atoms with Crippen LogP contribution in [0, 0.1) is 5.92 Å². The van der Waals surface area contributed by atoms with E-state index in [4.69, 9.17) is 14.2 Å². The molecule has 1 aliphatic heterocycles. The Balaban J connectivity index is 1.90. The summed E-state index contributed by atoms with van der Waals surface area (Å²) in [5.41, 5.74) is 0. The molecule has 0 bridgehead atoms. The van der Waals surface area contributed by atoms with Gasteiger partial charge in [-0.2, -0.15) is 0 Å². The summed E-state index contributed by atoms with van der Waals surface area (Å²) in [5.74, 6) is 0.190. The van der Waals surface area contributed by atoms with Crippen LogP contribution in [0.25, 0.3) is 0 Å². The third-order valence-corrected chi connectivity index (χ3v) is 9.29. The highest BCUT2D eigenvalue weighted by molar-refractivity contribution is 5.70. The van der Waals surface area contributed by atoms with Crippen molar-refractivity contribution in [2.45, 2.75) is 206 Å². The molecule has 0 spiro atoms. The number of hydrogen-bond acceptors (Lipinski definition) is 6. The minimum atomic E-state index is -0.801. The molecule has 6 nitrogen and oxygen atoms in total. The lowest BCUT2D eigenvalue weighted by molar-refractivity contribution is -0.161. The summed E-state index contributed by atoms with van der Waals surface area (Å²) < 4.78 is 16.3. The Morgan fingerprint density at radius 1 is 0.653 bits per heavy atom. The van der Waals surface area contributed by atoms with E-state index < -0.39 is 6.10 Å². The van der Waals surface area contributed by atoms with Crippen LogP contribution < -0.4 is 0 Å². The molecular weight excluding hydrogens is 612 g/mol. The van der Waals surface area contributed by atoms with Crippen LogP contribution in [0.15, 0.2) is 36.5 Å². The second-order valence-corrected chi connectivity index (χ2v) is 14.6. The van der Waals surface area contributed by atoms with Gasteiger partial charge in [0, 0.05) is 12.8 Å². The van der Waals surface area contributed by atoms with Crippen molar-refractivity contribution in [1.82, 2.24) is 0 Å². The SMILES string of the molecule is CCCCCC1OC1C/C=C\C/C=C\C/C=C\CCCC(=O)O[C@@H](CO)COC(=O)CCCCCCCCCCCCCCCCC(C)C. The average Bonchev–Trinajstić information content (AvgIpc) is 3.84. The number of aliphatic hydroxyl groups excluding tert-OH is 1. The first-order valence-electron chi connectivity index (χ1n) is 20.5. The lowest BCUT2D eigenvalue weighted by atomic mass is 10.0. The van der Waals surface area contributed by atoms with Crippen molar-refractivity contribution in [2.75, 3.05) is 13.2 Å². The molecule has 3 atom stereocenters. The van der Waals surface area contributed by atoms with E-state index >= 15 is 0 Å². The Morgan fingerprint density at radius 3 is 1.80 bits per heavy atom. The number of rotatable bonds is 35. The average molecular weight is 689 g/mol. The van der Waals surface area contributed by atoms with Crippen LogP contribution in [0.1, 0.15) is 188 Å². The van der Waals surface area contributed by atoms with Gasteiger partial charge in [0.2, 0.25) is 0 Å². The Bertz CT molecular complexity index is 862. The van der Waals surface area contributed by atoms with E-state index in [1.807, 2.05) is 0 Å². The van der Waals surface area contributed by atoms with Crippen molar-refractivity contribution < 1.29 is 28.9 Å². The van der Waals surface area contributed by atoms with Gasteiger partial charge >= 0.3 is 11.9 Å². The number of hydrogen-bond donors (Lipinski definition) is 1. The maximum Gasteiger partial charge on any atom is 0.306 e. The van der Waals surface area contributed by atoms with Gasteiger partial charge in [-0.05, 0) is 50.9 Å². The Morgan fingerprint density at radius 2 is 1.20 bits per heavy atom. The smallest absolute Gasteiger partial charge is 0.306 e. The molecule has 0 radical (unpaired) electrons. The number of aliphatic hydroxyl groups is 1.